The molecule has 0 aliphatic carbocycles. The van der Waals surface area contributed by atoms with E-state index in [0.717, 1.165) is 4.90 Å². The van der Waals surface area contributed by atoms with Gasteiger partial charge < -0.3 is 10.6 Å². The summed E-state index contributed by atoms with van der Waals surface area (Å²) in [5.74, 6) is -0.683. The van der Waals surface area contributed by atoms with Gasteiger partial charge in [-0.05, 0) is 44.5 Å². The molecule has 3 rings (SSSR count). The summed E-state index contributed by atoms with van der Waals surface area (Å²) in [6, 6.07) is 7.00. The van der Waals surface area contributed by atoms with Crippen LogP contribution in [0.15, 0.2) is 36.7 Å². The predicted molar refractivity (Wildman–Crippen MR) is 101 cm³/mol. The van der Waals surface area contributed by atoms with Crippen LogP contribution >= 0.6 is 0 Å². The lowest BCUT2D eigenvalue weighted by molar-refractivity contribution is -0.119. The van der Waals surface area contributed by atoms with Crippen LogP contribution in [0.1, 0.15) is 38.3 Å². The average molecular weight is 380 g/mol. The van der Waals surface area contributed by atoms with Gasteiger partial charge in [-0.2, -0.15) is 10.4 Å². The van der Waals surface area contributed by atoms with Crippen molar-refractivity contribution >= 4 is 29.2 Å². The maximum Gasteiger partial charge on any atom is 0.329 e. The van der Waals surface area contributed by atoms with Crippen LogP contribution in [0, 0.1) is 11.3 Å². The van der Waals surface area contributed by atoms with Gasteiger partial charge in [0.25, 0.3) is 5.91 Å². The average Bonchev–Trinajstić information content (AvgIpc) is 3.24. The van der Waals surface area contributed by atoms with Gasteiger partial charge in [0, 0.05) is 18.7 Å². The quantitative estimate of drug-likeness (QED) is 0.744. The second kappa shape index (κ2) is 7.92. The molecule has 1 fully saturated rings. The second-order valence-electron chi connectivity index (χ2n) is 6.72. The van der Waals surface area contributed by atoms with Gasteiger partial charge in [-0.1, -0.05) is 0 Å². The molecule has 9 nitrogen and oxygen atoms in total. The molecule has 0 bridgehead atoms. The summed E-state index contributed by atoms with van der Waals surface area (Å²) >= 11 is 0. The SMILES string of the molecule is CC(C)n1cc(NC(=O)CCC2NC(=O)N(c3ccc(C#N)cc3)C2=O)cn1. The Morgan fingerprint density at radius 3 is 2.64 bits per heavy atom. The molecular formula is C19H20N6O3. The number of nitrogens with one attached hydrogen (secondary N) is 2. The first-order valence-corrected chi connectivity index (χ1v) is 8.87. The van der Waals surface area contributed by atoms with Crippen molar-refractivity contribution in [2.45, 2.75) is 38.8 Å². The number of carbonyl (C=O) groups is 3. The first-order chi connectivity index (χ1) is 13.4. The zero-order valence-electron chi connectivity index (χ0n) is 15.5. The van der Waals surface area contributed by atoms with E-state index in [1.807, 2.05) is 19.9 Å². The number of rotatable bonds is 6. The molecule has 2 aromatic rings. The lowest BCUT2D eigenvalue weighted by Crippen LogP contribution is -2.31. The topological polar surface area (TPSA) is 120 Å². The van der Waals surface area contributed by atoms with Gasteiger partial charge in [0.2, 0.25) is 5.91 Å². The number of urea groups is 1. The molecule has 0 spiro atoms. The van der Waals surface area contributed by atoms with Crippen molar-refractivity contribution in [1.29, 1.82) is 5.26 Å². The van der Waals surface area contributed by atoms with Gasteiger partial charge in [-0.15, -0.1) is 0 Å². The molecule has 144 valence electrons. The highest BCUT2D eigenvalue weighted by molar-refractivity contribution is 6.21. The minimum absolute atomic E-state index is 0.0742. The molecule has 1 aliphatic rings. The van der Waals surface area contributed by atoms with E-state index in [1.165, 1.54) is 24.3 Å². The zero-order chi connectivity index (χ0) is 20.3. The molecule has 4 amide bonds. The molecule has 1 atom stereocenters. The molecular weight excluding hydrogens is 360 g/mol. The number of nitriles is 1. The largest absolute Gasteiger partial charge is 0.329 e. The van der Waals surface area contributed by atoms with E-state index in [-0.39, 0.29) is 24.8 Å². The highest BCUT2D eigenvalue weighted by Gasteiger charge is 2.38. The van der Waals surface area contributed by atoms with Crippen LogP contribution in [0.2, 0.25) is 0 Å². The van der Waals surface area contributed by atoms with Crippen molar-refractivity contribution in [2.24, 2.45) is 0 Å². The molecule has 1 unspecified atom stereocenters. The van der Waals surface area contributed by atoms with Crippen LogP contribution in [0.3, 0.4) is 0 Å². The number of aromatic nitrogens is 2. The Labute approximate surface area is 161 Å². The lowest BCUT2D eigenvalue weighted by Gasteiger charge is -2.13. The van der Waals surface area contributed by atoms with E-state index >= 15 is 0 Å². The number of anilines is 2. The van der Waals surface area contributed by atoms with Crippen molar-refractivity contribution in [1.82, 2.24) is 15.1 Å². The summed E-state index contributed by atoms with van der Waals surface area (Å²) in [4.78, 5) is 37.9. The van der Waals surface area contributed by atoms with Crippen LogP contribution in [0.25, 0.3) is 0 Å². The molecule has 28 heavy (non-hydrogen) atoms. The van der Waals surface area contributed by atoms with Gasteiger partial charge in [0.05, 0.1) is 29.2 Å². The summed E-state index contributed by atoms with van der Waals surface area (Å²) < 4.78 is 1.73. The third-order valence-electron chi connectivity index (χ3n) is 4.35. The third-order valence-corrected chi connectivity index (χ3v) is 4.35. The fourth-order valence-corrected chi connectivity index (χ4v) is 2.84. The summed E-state index contributed by atoms with van der Waals surface area (Å²) in [5, 5.41) is 18.3. The Bertz CT molecular complexity index is 941. The van der Waals surface area contributed by atoms with Crippen molar-refractivity contribution in [2.75, 3.05) is 10.2 Å². The number of imide groups is 1. The van der Waals surface area contributed by atoms with Gasteiger partial charge in [-0.25, -0.2) is 9.69 Å². The van der Waals surface area contributed by atoms with Crippen LogP contribution in [0.4, 0.5) is 16.2 Å². The highest BCUT2D eigenvalue weighted by atomic mass is 16.2. The summed E-state index contributed by atoms with van der Waals surface area (Å²) in [7, 11) is 0. The molecule has 1 aliphatic heterocycles. The normalized spacial score (nSPS) is 16.2. The molecule has 9 heteroatoms. The Morgan fingerprint density at radius 1 is 1.32 bits per heavy atom. The van der Waals surface area contributed by atoms with Crippen LogP contribution < -0.4 is 15.5 Å². The minimum Gasteiger partial charge on any atom is -0.325 e. The first-order valence-electron chi connectivity index (χ1n) is 8.87. The molecule has 0 saturated carbocycles. The van der Waals surface area contributed by atoms with Crippen molar-refractivity contribution in [3.05, 3.63) is 42.2 Å². The Balaban J connectivity index is 1.57. The number of hydrogen-bond donors (Lipinski definition) is 2. The van der Waals surface area contributed by atoms with Gasteiger partial charge >= 0.3 is 6.03 Å². The number of amides is 4. The van der Waals surface area contributed by atoms with Crippen molar-refractivity contribution in [3.63, 3.8) is 0 Å². The monoisotopic (exact) mass is 380 g/mol. The maximum atomic E-state index is 12.6. The van der Waals surface area contributed by atoms with E-state index in [2.05, 4.69) is 15.7 Å². The van der Waals surface area contributed by atoms with Crippen LogP contribution in [0.5, 0.6) is 0 Å². The Hall–Kier alpha value is -3.67. The van der Waals surface area contributed by atoms with Gasteiger partial charge in [0.15, 0.2) is 0 Å². The second-order valence-corrected chi connectivity index (χ2v) is 6.72. The van der Waals surface area contributed by atoms with E-state index in [4.69, 9.17) is 5.26 Å². The molecule has 2 N–H and O–H groups in total. The number of benzene rings is 1. The molecule has 2 heterocycles. The number of carbonyl (C=O) groups excluding carboxylic acids is 3. The van der Waals surface area contributed by atoms with Crippen molar-refractivity contribution < 1.29 is 14.4 Å². The fourth-order valence-electron chi connectivity index (χ4n) is 2.84. The first kappa shape index (κ1) is 19.1. The van der Waals surface area contributed by atoms with E-state index in [9.17, 15) is 14.4 Å². The third kappa shape index (κ3) is 4.01. The van der Waals surface area contributed by atoms with Gasteiger partial charge in [-0.3, -0.25) is 14.3 Å². The van der Waals surface area contributed by atoms with Crippen molar-refractivity contribution in [3.8, 4) is 6.07 Å². The van der Waals surface area contributed by atoms with E-state index in [0.29, 0.717) is 16.9 Å². The predicted octanol–water partition coefficient (Wildman–Crippen LogP) is 2.18. The molecule has 1 saturated heterocycles. The lowest BCUT2D eigenvalue weighted by atomic mass is 10.1. The highest BCUT2D eigenvalue weighted by Crippen LogP contribution is 2.22. The standard InChI is InChI=1S/C19H20N6O3/c1-12(2)24-11-14(10-21-24)22-17(26)8-7-16-18(27)25(19(28)23-16)15-5-3-13(9-20)4-6-15/h3-6,10-12,16H,7-8H2,1-2H3,(H,22,26)(H,23,28). The maximum absolute atomic E-state index is 12.6. The smallest absolute Gasteiger partial charge is 0.325 e. The minimum atomic E-state index is -0.771. The van der Waals surface area contributed by atoms with E-state index in [1.54, 1.807) is 17.1 Å². The Kier molecular flexibility index (Phi) is 5.40. The Morgan fingerprint density at radius 2 is 2.04 bits per heavy atom. The summed E-state index contributed by atoms with van der Waals surface area (Å²) in [6.45, 7) is 3.96. The molecule has 0 radical (unpaired) electrons. The number of hydrogen-bond acceptors (Lipinski definition) is 5. The van der Waals surface area contributed by atoms with Crippen LogP contribution in [-0.2, 0) is 9.59 Å². The fraction of sp³-hybridized carbons (Fsp3) is 0.316. The zero-order valence-corrected chi connectivity index (χ0v) is 15.5. The molecule has 1 aromatic heterocycles. The van der Waals surface area contributed by atoms with Gasteiger partial charge in [0.1, 0.15) is 6.04 Å². The summed E-state index contributed by atoms with van der Waals surface area (Å²) in [6.07, 6.45) is 3.55. The van der Waals surface area contributed by atoms with E-state index < -0.39 is 18.0 Å². The molecule has 1 aromatic carbocycles. The number of nitrogens with zero attached hydrogens (tertiary/aromatic N) is 4. The summed E-state index contributed by atoms with van der Waals surface area (Å²) in [5.41, 5.74) is 1.40. The van der Waals surface area contributed by atoms with Crippen LogP contribution in [-0.4, -0.2) is 33.7 Å².